The molecule has 0 atom stereocenters. The first-order valence-corrected chi connectivity index (χ1v) is 8.54. The molecule has 0 unspecified atom stereocenters. The molecule has 0 saturated carbocycles. The molecule has 23 heavy (non-hydrogen) atoms. The van der Waals surface area contributed by atoms with E-state index in [4.69, 9.17) is 4.74 Å². The molecule has 1 aromatic heterocycles. The Kier molecular flexibility index (Phi) is 3.90. The summed E-state index contributed by atoms with van der Waals surface area (Å²) in [6.07, 6.45) is 1.83. The number of carbonyl (C=O) groups is 1. The van der Waals surface area contributed by atoms with Gasteiger partial charge in [-0.25, -0.2) is 9.97 Å². The molecule has 1 aromatic carbocycles. The van der Waals surface area contributed by atoms with Crippen LogP contribution in [0.2, 0.25) is 0 Å². The number of ether oxygens (including phenoxy) is 1. The molecule has 0 bridgehead atoms. The highest BCUT2D eigenvalue weighted by Crippen LogP contribution is 2.25. The summed E-state index contributed by atoms with van der Waals surface area (Å²) in [5.41, 5.74) is 0.918. The molecule has 2 aliphatic heterocycles. The number of rotatable bonds is 2. The lowest BCUT2D eigenvalue weighted by molar-refractivity contribution is -0.140. The number of nitrogens with zero attached hydrogens (tertiary/aromatic N) is 4. The molecule has 2 aromatic rings. The minimum atomic E-state index is 0.0531. The highest BCUT2D eigenvalue weighted by atomic mass is 79.9. The van der Waals surface area contributed by atoms with Crippen molar-refractivity contribution in [3.05, 3.63) is 28.9 Å². The molecule has 0 aliphatic carbocycles. The fourth-order valence-corrected chi connectivity index (χ4v) is 3.37. The largest absolute Gasteiger partial charge is 0.378 e. The third-order valence-corrected chi connectivity index (χ3v) is 4.86. The van der Waals surface area contributed by atoms with Crippen molar-refractivity contribution in [2.75, 3.05) is 44.3 Å². The maximum absolute atomic E-state index is 12.4. The Morgan fingerprint density at radius 1 is 1.26 bits per heavy atom. The van der Waals surface area contributed by atoms with E-state index in [2.05, 4.69) is 30.8 Å². The van der Waals surface area contributed by atoms with E-state index in [0.717, 1.165) is 15.4 Å². The minimum absolute atomic E-state index is 0.0531. The average molecular weight is 377 g/mol. The first-order valence-electron chi connectivity index (χ1n) is 7.74. The molecule has 2 fully saturated rings. The molecule has 0 N–H and O–H groups in total. The molecule has 1 amide bonds. The first-order chi connectivity index (χ1) is 11.2. The lowest BCUT2D eigenvalue weighted by Crippen LogP contribution is -2.56. The first kappa shape index (κ1) is 14.8. The molecule has 2 aliphatic rings. The summed E-state index contributed by atoms with van der Waals surface area (Å²) in [7, 11) is 0. The van der Waals surface area contributed by atoms with Gasteiger partial charge in [0.15, 0.2) is 0 Å². The van der Waals surface area contributed by atoms with Crippen molar-refractivity contribution in [1.82, 2.24) is 14.9 Å². The standard InChI is InChI=1S/C16H17BrN4O2/c17-13-1-2-14-11(7-13)8-18-16(19-14)21-9-12(10-21)15(22)20-3-5-23-6-4-20/h1-2,7-8,12H,3-6,9-10H2. The van der Waals surface area contributed by atoms with Crippen molar-refractivity contribution in [2.24, 2.45) is 5.92 Å². The predicted octanol–water partition coefficient (Wildman–Crippen LogP) is 1.69. The summed E-state index contributed by atoms with van der Waals surface area (Å²) in [5, 5.41) is 1.00. The van der Waals surface area contributed by atoms with Crippen LogP contribution in [0.1, 0.15) is 0 Å². The van der Waals surface area contributed by atoms with Gasteiger partial charge in [-0.05, 0) is 18.2 Å². The van der Waals surface area contributed by atoms with Gasteiger partial charge < -0.3 is 14.5 Å². The Bertz CT molecular complexity index is 742. The van der Waals surface area contributed by atoms with Crippen LogP contribution in [-0.2, 0) is 9.53 Å². The number of hydrogen-bond acceptors (Lipinski definition) is 5. The van der Waals surface area contributed by atoms with Crippen LogP contribution in [-0.4, -0.2) is 60.2 Å². The van der Waals surface area contributed by atoms with Gasteiger partial charge in [-0.15, -0.1) is 0 Å². The number of anilines is 1. The number of benzene rings is 1. The normalized spacial score (nSPS) is 19.0. The number of aromatic nitrogens is 2. The van der Waals surface area contributed by atoms with Crippen LogP contribution in [0.25, 0.3) is 10.9 Å². The summed E-state index contributed by atoms with van der Waals surface area (Å²) in [5.74, 6) is 0.984. The molecule has 0 radical (unpaired) electrons. The predicted molar refractivity (Wildman–Crippen MR) is 90.3 cm³/mol. The van der Waals surface area contributed by atoms with Crippen LogP contribution in [0.3, 0.4) is 0 Å². The maximum atomic E-state index is 12.4. The number of carbonyl (C=O) groups excluding carboxylic acids is 1. The van der Waals surface area contributed by atoms with Crippen LogP contribution in [0.4, 0.5) is 5.95 Å². The molecule has 7 heteroatoms. The Morgan fingerprint density at radius 2 is 2.04 bits per heavy atom. The topological polar surface area (TPSA) is 58.6 Å². The van der Waals surface area contributed by atoms with E-state index in [-0.39, 0.29) is 11.8 Å². The smallest absolute Gasteiger partial charge is 0.229 e. The zero-order valence-electron chi connectivity index (χ0n) is 12.6. The van der Waals surface area contributed by atoms with Crippen LogP contribution >= 0.6 is 15.9 Å². The maximum Gasteiger partial charge on any atom is 0.229 e. The number of amides is 1. The number of morpholine rings is 1. The summed E-state index contributed by atoms with van der Waals surface area (Å²) in [4.78, 5) is 25.4. The zero-order valence-corrected chi connectivity index (χ0v) is 14.2. The van der Waals surface area contributed by atoms with Crippen molar-refractivity contribution in [2.45, 2.75) is 0 Å². The third-order valence-electron chi connectivity index (χ3n) is 4.37. The molecular weight excluding hydrogens is 360 g/mol. The number of fused-ring (bicyclic) bond motifs is 1. The molecule has 4 rings (SSSR count). The molecule has 6 nitrogen and oxygen atoms in total. The van der Waals surface area contributed by atoms with Crippen molar-refractivity contribution < 1.29 is 9.53 Å². The van der Waals surface area contributed by atoms with Crippen molar-refractivity contribution in [1.29, 1.82) is 0 Å². The average Bonchev–Trinajstić information content (AvgIpc) is 2.54. The highest BCUT2D eigenvalue weighted by Gasteiger charge is 2.37. The van der Waals surface area contributed by atoms with E-state index >= 15 is 0 Å². The minimum Gasteiger partial charge on any atom is -0.378 e. The number of hydrogen-bond donors (Lipinski definition) is 0. The SMILES string of the molecule is O=C(C1CN(c2ncc3cc(Br)ccc3n2)C1)N1CCOCC1. The second-order valence-corrected chi connectivity index (χ2v) is 6.83. The molecule has 2 saturated heterocycles. The van der Waals surface area contributed by atoms with E-state index in [1.807, 2.05) is 29.3 Å². The van der Waals surface area contributed by atoms with Gasteiger partial charge in [-0.3, -0.25) is 4.79 Å². The van der Waals surface area contributed by atoms with Crippen LogP contribution in [0.15, 0.2) is 28.9 Å². The van der Waals surface area contributed by atoms with E-state index in [1.165, 1.54) is 0 Å². The van der Waals surface area contributed by atoms with Crippen LogP contribution in [0, 0.1) is 5.92 Å². The van der Waals surface area contributed by atoms with Crippen LogP contribution < -0.4 is 4.90 Å². The van der Waals surface area contributed by atoms with Crippen LogP contribution in [0.5, 0.6) is 0 Å². The summed E-state index contributed by atoms with van der Waals surface area (Å²) in [6, 6.07) is 5.95. The summed E-state index contributed by atoms with van der Waals surface area (Å²) in [6.45, 7) is 4.08. The van der Waals surface area contributed by atoms with E-state index < -0.39 is 0 Å². The van der Waals surface area contributed by atoms with Gasteiger partial charge >= 0.3 is 0 Å². The second-order valence-electron chi connectivity index (χ2n) is 5.91. The Balaban J connectivity index is 1.43. The van der Waals surface area contributed by atoms with Gasteiger partial charge in [-0.1, -0.05) is 15.9 Å². The van der Waals surface area contributed by atoms with Gasteiger partial charge in [0.05, 0.1) is 24.6 Å². The lowest BCUT2D eigenvalue weighted by atomic mass is 9.98. The van der Waals surface area contributed by atoms with E-state index in [9.17, 15) is 4.79 Å². The number of halogens is 1. The van der Waals surface area contributed by atoms with Gasteiger partial charge in [0, 0.05) is 42.2 Å². The molecule has 0 spiro atoms. The van der Waals surface area contributed by atoms with Gasteiger partial charge in [0.1, 0.15) is 0 Å². The fraction of sp³-hybridized carbons (Fsp3) is 0.438. The monoisotopic (exact) mass is 376 g/mol. The van der Waals surface area contributed by atoms with Crippen molar-refractivity contribution >= 4 is 38.7 Å². The van der Waals surface area contributed by atoms with Gasteiger partial charge in [-0.2, -0.15) is 0 Å². The highest BCUT2D eigenvalue weighted by molar-refractivity contribution is 9.10. The summed E-state index contributed by atoms with van der Waals surface area (Å²) < 4.78 is 6.31. The zero-order chi connectivity index (χ0) is 15.8. The molecule has 3 heterocycles. The van der Waals surface area contributed by atoms with E-state index in [1.54, 1.807) is 0 Å². The summed E-state index contributed by atoms with van der Waals surface area (Å²) >= 11 is 3.45. The molecular formula is C16H17BrN4O2. The third kappa shape index (κ3) is 2.90. The molecule has 120 valence electrons. The van der Waals surface area contributed by atoms with Crippen molar-refractivity contribution in [3.8, 4) is 0 Å². The second kappa shape index (κ2) is 6.05. The van der Waals surface area contributed by atoms with Gasteiger partial charge in [0.25, 0.3) is 0 Å². The van der Waals surface area contributed by atoms with Crippen molar-refractivity contribution in [3.63, 3.8) is 0 Å². The Labute approximate surface area is 142 Å². The Morgan fingerprint density at radius 3 is 2.83 bits per heavy atom. The fourth-order valence-electron chi connectivity index (χ4n) is 2.99. The van der Waals surface area contributed by atoms with Gasteiger partial charge in [0.2, 0.25) is 11.9 Å². The Hall–Kier alpha value is -1.73. The quantitative estimate of drug-likeness (QED) is 0.797. The van der Waals surface area contributed by atoms with E-state index in [0.29, 0.717) is 45.3 Å². The lowest BCUT2D eigenvalue weighted by Gasteiger charge is -2.41.